The van der Waals surface area contributed by atoms with Crippen LogP contribution >= 0.6 is 0 Å². The second kappa shape index (κ2) is 5.67. The van der Waals surface area contributed by atoms with E-state index in [0.29, 0.717) is 5.56 Å². The maximum Gasteiger partial charge on any atom is 0.279 e. The average molecular weight is 361 g/mol. The fourth-order valence-corrected chi connectivity index (χ4v) is 3.35. The molecule has 9 nitrogen and oxygen atoms in total. The Bertz CT molecular complexity index is 1330. The third-order valence-corrected chi connectivity index (χ3v) is 4.54. The highest BCUT2D eigenvalue weighted by Gasteiger charge is 2.35. The van der Waals surface area contributed by atoms with Gasteiger partial charge in [-0.25, -0.2) is 4.68 Å². The lowest BCUT2D eigenvalue weighted by molar-refractivity contribution is -0.384. The van der Waals surface area contributed by atoms with Gasteiger partial charge >= 0.3 is 0 Å². The van der Waals surface area contributed by atoms with E-state index >= 15 is 0 Å². The first-order valence-electron chi connectivity index (χ1n) is 7.86. The number of aromatic nitrogens is 2. The van der Waals surface area contributed by atoms with Gasteiger partial charge in [0.05, 0.1) is 15.7 Å². The van der Waals surface area contributed by atoms with E-state index in [1.165, 1.54) is 30.3 Å². The Hall–Kier alpha value is -4.19. The summed E-state index contributed by atoms with van der Waals surface area (Å²) in [7, 11) is 0. The number of nitro groups is 1. The molecule has 1 atom stereocenters. The largest absolute Gasteiger partial charge is 0.383 e. The Morgan fingerprint density at radius 2 is 1.74 bits per heavy atom. The fraction of sp³-hybridized carbons (Fsp3) is 0.0556. The Kier molecular flexibility index (Phi) is 3.42. The zero-order chi connectivity index (χ0) is 19.3. The average Bonchev–Trinajstić information content (AvgIpc) is 2.99. The van der Waals surface area contributed by atoms with Crippen LogP contribution in [0, 0.1) is 21.4 Å². The van der Waals surface area contributed by atoms with Crippen LogP contribution in [-0.4, -0.2) is 14.3 Å². The standard InChI is InChI=1S/C18H11N5O4/c19-9-14-15(10-4-3-5-11(8-10)23(26)27)21-17(24)12-6-1-2-7-13(12)18(25)22(21)16(14)20/h1-8,15H,20H2. The molecule has 4 rings (SSSR count). The monoisotopic (exact) mass is 361 g/mol. The zero-order valence-electron chi connectivity index (χ0n) is 13.7. The van der Waals surface area contributed by atoms with Gasteiger partial charge in [0.15, 0.2) is 0 Å². The summed E-state index contributed by atoms with van der Waals surface area (Å²) >= 11 is 0. The third-order valence-electron chi connectivity index (χ3n) is 4.54. The van der Waals surface area contributed by atoms with Crippen LogP contribution in [0.25, 0.3) is 16.6 Å². The van der Waals surface area contributed by atoms with E-state index in [4.69, 9.17) is 5.73 Å². The number of benzene rings is 2. The van der Waals surface area contributed by atoms with E-state index in [9.17, 15) is 25.0 Å². The first-order valence-corrected chi connectivity index (χ1v) is 7.86. The molecule has 27 heavy (non-hydrogen) atoms. The number of non-ortho nitro benzene ring substituents is 1. The number of nitro benzene ring substituents is 1. The summed E-state index contributed by atoms with van der Waals surface area (Å²) in [6.45, 7) is 0. The van der Waals surface area contributed by atoms with Gasteiger partial charge in [-0.2, -0.15) is 9.94 Å². The molecule has 1 aliphatic rings. The molecule has 0 saturated carbocycles. The van der Waals surface area contributed by atoms with Crippen molar-refractivity contribution in [2.24, 2.45) is 5.73 Å². The molecule has 9 heteroatoms. The molecule has 0 amide bonds. The highest BCUT2D eigenvalue weighted by Crippen LogP contribution is 2.33. The molecule has 2 N–H and O–H groups in total. The minimum atomic E-state index is -1.03. The van der Waals surface area contributed by atoms with Crippen LogP contribution < -0.4 is 16.9 Å². The van der Waals surface area contributed by atoms with Crippen LogP contribution in [0.5, 0.6) is 0 Å². The summed E-state index contributed by atoms with van der Waals surface area (Å²) in [5.41, 5.74) is 5.05. The van der Waals surface area contributed by atoms with Crippen molar-refractivity contribution in [1.82, 2.24) is 9.36 Å². The molecule has 1 aromatic heterocycles. The van der Waals surface area contributed by atoms with Gasteiger partial charge in [-0.1, -0.05) is 24.3 Å². The number of fused-ring (bicyclic) bond motifs is 2. The first kappa shape index (κ1) is 16.3. The Labute approximate surface area is 150 Å². The number of allylic oxidation sites excluding steroid dienone is 1. The minimum absolute atomic E-state index is 0.0231. The first-order chi connectivity index (χ1) is 13.0. The van der Waals surface area contributed by atoms with Crippen molar-refractivity contribution in [3.63, 3.8) is 0 Å². The van der Waals surface area contributed by atoms with Gasteiger partial charge < -0.3 is 5.73 Å². The summed E-state index contributed by atoms with van der Waals surface area (Å²) < 4.78 is 2.05. The summed E-state index contributed by atoms with van der Waals surface area (Å²) in [5.74, 6) is -0.165. The second-order valence-electron chi connectivity index (χ2n) is 5.98. The molecule has 132 valence electrons. The molecule has 0 radical (unpaired) electrons. The van der Waals surface area contributed by atoms with Crippen molar-refractivity contribution in [2.75, 3.05) is 0 Å². The maximum atomic E-state index is 13.1. The van der Waals surface area contributed by atoms with Crippen LogP contribution in [0.15, 0.2) is 63.7 Å². The SMILES string of the molecule is N#CC1=C(N)n2c(=O)c3ccccc3c(=O)n2C1c1cccc([N+](=O)[O-])c1. The maximum absolute atomic E-state index is 13.1. The molecule has 0 saturated heterocycles. The van der Waals surface area contributed by atoms with Gasteiger partial charge in [-0.05, 0) is 17.7 Å². The molecule has 0 aliphatic carbocycles. The summed E-state index contributed by atoms with van der Waals surface area (Å²) in [6, 6.07) is 12.7. The van der Waals surface area contributed by atoms with E-state index < -0.39 is 22.1 Å². The van der Waals surface area contributed by atoms with Crippen molar-refractivity contribution in [3.8, 4) is 6.07 Å². The summed E-state index contributed by atoms with van der Waals surface area (Å²) in [6.07, 6.45) is 0. The molecular formula is C18H11N5O4. The lowest BCUT2D eigenvalue weighted by atomic mass is 10.00. The molecule has 1 unspecified atom stereocenters. The Morgan fingerprint density at radius 3 is 2.37 bits per heavy atom. The topological polar surface area (TPSA) is 137 Å². The quantitative estimate of drug-likeness (QED) is 0.540. The second-order valence-corrected chi connectivity index (χ2v) is 5.98. The predicted molar refractivity (Wildman–Crippen MR) is 96.7 cm³/mol. The lowest BCUT2D eigenvalue weighted by Gasteiger charge is -2.16. The highest BCUT2D eigenvalue weighted by molar-refractivity contribution is 5.81. The van der Waals surface area contributed by atoms with Crippen molar-refractivity contribution >= 4 is 22.3 Å². The van der Waals surface area contributed by atoms with Gasteiger partial charge in [-0.3, -0.25) is 19.7 Å². The summed E-state index contributed by atoms with van der Waals surface area (Å²) in [4.78, 5) is 36.5. The smallest absolute Gasteiger partial charge is 0.279 e. The molecule has 2 aromatic carbocycles. The molecule has 0 fully saturated rings. The van der Waals surface area contributed by atoms with Crippen molar-refractivity contribution < 1.29 is 4.92 Å². The Balaban J connectivity index is 2.12. The Morgan fingerprint density at radius 1 is 1.07 bits per heavy atom. The molecular weight excluding hydrogens is 350 g/mol. The highest BCUT2D eigenvalue weighted by atomic mass is 16.6. The number of rotatable bonds is 2. The van der Waals surface area contributed by atoms with E-state index in [1.807, 2.05) is 6.07 Å². The van der Waals surface area contributed by atoms with Crippen molar-refractivity contribution in [3.05, 3.63) is 90.5 Å². The van der Waals surface area contributed by atoms with E-state index in [0.717, 1.165) is 9.36 Å². The minimum Gasteiger partial charge on any atom is -0.383 e. The van der Waals surface area contributed by atoms with Gasteiger partial charge in [0.25, 0.3) is 16.8 Å². The number of nitriles is 1. The van der Waals surface area contributed by atoms with Crippen LogP contribution in [0.1, 0.15) is 11.6 Å². The number of hydrogen-bond acceptors (Lipinski definition) is 6. The van der Waals surface area contributed by atoms with E-state index in [2.05, 4.69) is 0 Å². The van der Waals surface area contributed by atoms with E-state index in [-0.39, 0.29) is 27.9 Å². The molecule has 1 aliphatic heterocycles. The zero-order valence-corrected chi connectivity index (χ0v) is 13.7. The van der Waals surface area contributed by atoms with Crippen LogP contribution in [0.4, 0.5) is 5.69 Å². The van der Waals surface area contributed by atoms with Crippen molar-refractivity contribution in [1.29, 1.82) is 5.26 Å². The van der Waals surface area contributed by atoms with Gasteiger partial charge in [0.1, 0.15) is 23.5 Å². The predicted octanol–water partition coefficient (Wildman–Crippen LogP) is 1.33. The normalized spacial score (nSPS) is 15.6. The summed E-state index contributed by atoms with van der Waals surface area (Å²) in [5, 5.41) is 21.1. The molecule has 0 spiro atoms. The van der Waals surface area contributed by atoms with Crippen LogP contribution in [-0.2, 0) is 0 Å². The van der Waals surface area contributed by atoms with Gasteiger partial charge in [0.2, 0.25) is 0 Å². The fourth-order valence-electron chi connectivity index (χ4n) is 3.35. The number of hydrogen-bond donors (Lipinski definition) is 1. The lowest BCUT2D eigenvalue weighted by Crippen LogP contribution is -2.38. The number of nitrogens with two attached hydrogens (primary N) is 1. The van der Waals surface area contributed by atoms with Crippen LogP contribution in [0.3, 0.4) is 0 Å². The van der Waals surface area contributed by atoms with Crippen molar-refractivity contribution in [2.45, 2.75) is 6.04 Å². The van der Waals surface area contributed by atoms with Crippen LogP contribution in [0.2, 0.25) is 0 Å². The molecule has 2 heterocycles. The van der Waals surface area contributed by atoms with Gasteiger partial charge in [0, 0.05) is 12.1 Å². The molecule has 0 bridgehead atoms. The molecule has 3 aromatic rings. The van der Waals surface area contributed by atoms with E-state index in [1.54, 1.807) is 18.2 Å². The number of nitrogens with zero attached hydrogens (tertiary/aromatic N) is 4. The van der Waals surface area contributed by atoms with Gasteiger partial charge in [-0.15, -0.1) is 0 Å². The third kappa shape index (κ3) is 2.17.